The molecule has 1 saturated carbocycles. The predicted molar refractivity (Wildman–Crippen MR) is 104 cm³/mol. The third-order valence-corrected chi connectivity index (χ3v) is 5.99. The van der Waals surface area contributed by atoms with Gasteiger partial charge in [0.05, 0.1) is 12.6 Å². The lowest BCUT2D eigenvalue weighted by atomic mass is 9.78. The van der Waals surface area contributed by atoms with Gasteiger partial charge in [-0.15, -0.1) is 11.3 Å². The number of hydrogen-bond donors (Lipinski definition) is 1. The van der Waals surface area contributed by atoms with Crippen LogP contribution in [0, 0.1) is 5.92 Å². The third-order valence-electron chi connectivity index (χ3n) is 5.15. The summed E-state index contributed by atoms with van der Waals surface area (Å²) in [6, 6.07) is 4.12. The number of nitrogens with one attached hydrogen (secondary N) is 1. The van der Waals surface area contributed by atoms with Gasteiger partial charge in [0.2, 0.25) is 5.91 Å². The smallest absolute Gasteiger partial charge is 0.244 e. The second-order valence-electron chi connectivity index (χ2n) is 7.70. The van der Waals surface area contributed by atoms with Crippen LogP contribution in [0.2, 0.25) is 0 Å². The quantitative estimate of drug-likeness (QED) is 0.815. The van der Waals surface area contributed by atoms with E-state index in [0.29, 0.717) is 5.92 Å². The van der Waals surface area contributed by atoms with E-state index in [4.69, 9.17) is 4.74 Å². The van der Waals surface area contributed by atoms with Gasteiger partial charge in [0.15, 0.2) is 0 Å². The summed E-state index contributed by atoms with van der Waals surface area (Å²) in [5.41, 5.74) is -0.210. The zero-order valence-electron chi connectivity index (χ0n) is 15.4. The van der Waals surface area contributed by atoms with Crippen LogP contribution in [0.15, 0.2) is 23.6 Å². The van der Waals surface area contributed by atoms with Gasteiger partial charge < -0.3 is 10.1 Å². The first-order valence-electron chi connectivity index (χ1n) is 9.46. The fourth-order valence-corrected chi connectivity index (χ4v) is 4.71. The average molecular weight is 363 g/mol. The highest BCUT2D eigenvalue weighted by Gasteiger charge is 2.45. The Morgan fingerprint density at radius 2 is 2.40 bits per heavy atom. The highest BCUT2D eigenvalue weighted by atomic mass is 32.1. The van der Waals surface area contributed by atoms with Gasteiger partial charge in [-0.2, -0.15) is 0 Å². The van der Waals surface area contributed by atoms with Crippen molar-refractivity contribution in [1.29, 1.82) is 0 Å². The average Bonchev–Trinajstić information content (AvgIpc) is 3.08. The van der Waals surface area contributed by atoms with Crippen molar-refractivity contribution in [3.05, 3.63) is 28.5 Å². The number of carbonyl (C=O) groups excluding carboxylic acids is 1. The van der Waals surface area contributed by atoms with Crippen molar-refractivity contribution in [3.63, 3.8) is 0 Å². The third kappa shape index (κ3) is 4.93. The monoisotopic (exact) mass is 362 g/mol. The van der Waals surface area contributed by atoms with Crippen molar-refractivity contribution in [3.8, 4) is 0 Å². The Balaban J connectivity index is 1.64. The Bertz CT molecular complexity index is 581. The SMILES string of the molecule is CC(C)CN1CCO[C@]2(CCCC[C@@H]2NC(=O)/C=C/c2cccs2)C1. The molecule has 1 aliphatic heterocycles. The van der Waals surface area contributed by atoms with Gasteiger partial charge >= 0.3 is 0 Å². The molecule has 2 aliphatic rings. The highest BCUT2D eigenvalue weighted by molar-refractivity contribution is 7.10. The van der Waals surface area contributed by atoms with E-state index in [1.54, 1.807) is 17.4 Å². The van der Waals surface area contributed by atoms with Crippen LogP contribution in [-0.4, -0.2) is 48.7 Å². The minimum atomic E-state index is -0.210. The number of carbonyl (C=O) groups is 1. The molecule has 3 rings (SSSR count). The summed E-state index contributed by atoms with van der Waals surface area (Å²) in [4.78, 5) is 16.0. The van der Waals surface area contributed by atoms with E-state index >= 15 is 0 Å². The Morgan fingerprint density at radius 1 is 1.52 bits per heavy atom. The molecule has 1 amide bonds. The van der Waals surface area contributed by atoms with Gasteiger partial charge in [0.1, 0.15) is 5.60 Å². The number of amides is 1. The van der Waals surface area contributed by atoms with Crippen LogP contribution < -0.4 is 5.32 Å². The number of thiophene rings is 1. The number of hydrogen-bond acceptors (Lipinski definition) is 4. The summed E-state index contributed by atoms with van der Waals surface area (Å²) in [6.45, 7) is 8.33. The van der Waals surface area contributed by atoms with Gasteiger partial charge in [-0.05, 0) is 36.3 Å². The van der Waals surface area contributed by atoms with Gasteiger partial charge in [-0.1, -0.05) is 32.8 Å². The summed E-state index contributed by atoms with van der Waals surface area (Å²) in [7, 11) is 0. The molecule has 1 aromatic heterocycles. The minimum Gasteiger partial charge on any atom is -0.370 e. The normalized spacial score (nSPS) is 28.0. The lowest BCUT2D eigenvalue weighted by Crippen LogP contribution is -2.64. The Hall–Kier alpha value is -1.17. The van der Waals surface area contributed by atoms with E-state index in [1.165, 1.54) is 6.42 Å². The van der Waals surface area contributed by atoms with E-state index in [1.807, 2.05) is 23.6 Å². The molecule has 0 unspecified atom stereocenters. The first-order valence-corrected chi connectivity index (χ1v) is 10.3. The van der Waals surface area contributed by atoms with Crippen molar-refractivity contribution < 1.29 is 9.53 Å². The zero-order chi connectivity index (χ0) is 17.7. The molecule has 4 nitrogen and oxygen atoms in total. The molecule has 1 N–H and O–H groups in total. The van der Waals surface area contributed by atoms with Crippen molar-refractivity contribution in [2.45, 2.75) is 51.2 Å². The molecule has 1 spiro atoms. The van der Waals surface area contributed by atoms with Crippen molar-refractivity contribution in [2.75, 3.05) is 26.2 Å². The summed E-state index contributed by atoms with van der Waals surface area (Å²) >= 11 is 1.64. The van der Waals surface area contributed by atoms with E-state index in [9.17, 15) is 4.79 Å². The van der Waals surface area contributed by atoms with Crippen LogP contribution in [0.25, 0.3) is 6.08 Å². The molecule has 2 atom stereocenters. The number of rotatable bonds is 5. The maximum atomic E-state index is 12.4. The van der Waals surface area contributed by atoms with E-state index < -0.39 is 0 Å². The summed E-state index contributed by atoms with van der Waals surface area (Å²) in [5.74, 6) is 0.643. The maximum Gasteiger partial charge on any atom is 0.244 e. The Morgan fingerprint density at radius 3 is 3.16 bits per heavy atom. The van der Waals surface area contributed by atoms with E-state index in [2.05, 4.69) is 24.1 Å². The minimum absolute atomic E-state index is 0.00995. The first kappa shape index (κ1) is 18.6. The van der Waals surface area contributed by atoms with E-state index in [-0.39, 0.29) is 17.6 Å². The molecule has 2 fully saturated rings. The van der Waals surface area contributed by atoms with Gasteiger partial charge in [0.25, 0.3) is 0 Å². The second-order valence-corrected chi connectivity index (χ2v) is 8.68. The largest absolute Gasteiger partial charge is 0.370 e. The molecule has 0 aromatic carbocycles. The first-order chi connectivity index (χ1) is 12.1. The van der Waals surface area contributed by atoms with Crippen molar-refractivity contribution in [1.82, 2.24) is 10.2 Å². The number of morpholine rings is 1. The summed E-state index contributed by atoms with van der Waals surface area (Å²) < 4.78 is 6.30. The van der Waals surface area contributed by atoms with Crippen LogP contribution in [0.1, 0.15) is 44.4 Å². The molecule has 5 heteroatoms. The molecule has 25 heavy (non-hydrogen) atoms. The second kappa shape index (κ2) is 8.47. The molecule has 0 radical (unpaired) electrons. The molecular formula is C20H30N2O2S. The lowest BCUT2D eigenvalue weighted by molar-refractivity contribution is -0.149. The molecule has 2 heterocycles. The van der Waals surface area contributed by atoms with Crippen LogP contribution >= 0.6 is 11.3 Å². The van der Waals surface area contributed by atoms with Crippen LogP contribution in [-0.2, 0) is 9.53 Å². The zero-order valence-corrected chi connectivity index (χ0v) is 16.2. The molecular weight excluding hydrogens is 332 g/mol. The lowest BCUT2D eigenvalue weighted by Gasteiger charge is -2.50. The molecule has 1 aliphatic carbocycles. The van der Waals surface area contributed by atoms with Crippen LogP contribution in [0.3, 0.4) is 0 Å². The summed E-state index contributed by atoms with van der Waals surface area (Å²) in [6.07, 6.45) is 7.95. The van der Waals surface area contributed by atoms with Crippen molar-refractivity contribution >= 4 is 23.3 Å². The van der Waals surface area contributed by atoms with Gasteiger partial charge in [-0.3, -0.25) is 9.69 Å². The number of ether oxygens (including phenoxy) is 1. The summed E-state index contributed by atoms with van der Waals surface area (Å²) in [5, 5.41) is 5.26. The molecule has 1 aromatic rings. The number of nitrogens with zero attached hydrogens (tertiary/aromatic N) is 1. The molecule has 138 valence electrons. The Kier molecular flexibility index (Phi) is 6.31. The van der Waals surface area contributed by atoms with Crippen LogP contribution in [0.5, 0.6) is 0 Å². The fourth-order valence-electron chi connectivity index (χ4n) is 4.09. The van der Waals surface area contributed by atoms with Gasteiger partial charge in [0, 0.05) is 30.6 Å². The molecule has 0 bridgehead atoms. The Labute approximate surface area is 155 Å². The topological polar surface area (TPSA) is 41.6 Å². The fraction of sp³-hybridized carbons (Fsp3) is 0.650. The predicted octanol–water partition coefficient (Wildman–Crippen LogP) is 3.55. The maximum absolute atomic E-state index is 12.4. The standard InChI is InChI=1S/C20H30N2O2S/c1-16(2)14-22-11-12-24-20(15-22)10-4-3-7-18(20)21-19(23)9-8-17-6-5-13-25-17/h5-6,8-9,13,16,18H,3-4,7,10-12,14-15H2,1-2H3,(H,21,23)/b9-8+/t18-,20+/m0/s1. The van der Waals surface area contributed by atoms with Crippen molar-refractivity contribution in [2.24, 2.45) is 5.92 Å². The molecule has 1 saturated heterocycles. The highest BCUT2D eigenvalue weighted by Crippen LogP contribution is 2.35. The van der Waals surface area contributed by atoms with Gasteiger partial charge in [-0.25, -0.2) is 0 Å². The van der Waals surface area contributed by atoms with Crippen LogP contribution in [0.4, 0.5) is 0 Å². The van der Waals surface area contributed by atoms with E-state index in [0.717, 1.165) is 50.4 Å².